The Bertz CT molecular complexity index is 1200. The number of nitrogens with zero attached hydrogens (tertiary/aromatic N) is 5. The van der Waals surface area contributed by atoms with E-state index in [1.54, 1.807) is 6.92 Å². The number of aromatic nitrogens is 6. The molecule has 3 heterocycles. The highest BCUT2D eigenvalue weighted by molar-refractivity contribution is 5.76. The maximum absolute atomic E-state index is 12.6. The van der Waals surface area contributed by atoms with Crippen LogP contribution in [0.2, 0.25) is 0 Å². The molecule has 0 fully saturated rings. The van der Waals surface area contributed by atoms with Crippen molar-refractivity contribution in [1.29, 1.82) is 0 Å². The molecule has 0 aliphatic carbocycles. The van der Waals surface area contributed by atoms with Gasteiger partial charge >= 0.3 is 5.69 Å². The minimum atomic E-state index is -0.448. The van der Waals surface area contributed by atoms with E-state index in [1.165, 1.54) is 4.57 Å². The lowest BCUT2D eigenvalue weighted by Crippen LogP contribution is -2.31. The van der Waals surface area contributed by atoms with Crippen molar-refractivity contribution >= 4 is 17.1 Å². The van der Waals surface area contributed by atoms with Gasteiger partial charge in [-0.15, -0.1) is 0 Å². The minimum absolute atomic E-state index is 0.0999. The number of carbonyl (C=O) groups is 1. The van der Waals surface area contributed by atoms with Crippen LogP contribution >= 0.6 is 0 Å². The number of hydrogen-bond donors (Lipinski definition) is 2. The predicted octanol–water partition coefficient (Wildman–Crippen LogP) is 1.72. The molecule has 33 heavy (non-hydrogen) atoms. The molecule has 0 saturated carbocycles. The molecule has 2 N–H and O–H groups in total. The standard InChI is InChI=1S/C22H33N7O4/c1-5-6-12-28-20-19(21(31)26-22(28)32)29(13-14(2)3)16(25-20)9-10-17(30)23-11-7-8-18-24-15(4)27-33-18/h14H,5-13H2,1-4H3,(H,23,30)(H,26,31,32). The molecule has 11 nitrogen and oxygen atoms in total. The van der Waals surface area contributed by atoms with Gasteiger partial charge in [-0.3, -0.25) is 19.1 Å². The zero-order chi connectivity index (χ0) is 24.0. The maximum atomic E-state index is 12.6. The summed E-state index contributed by atoms with van der Waals surface area (Å²) in [4.78, 5) is 48.6. The molecule has 0 aromatic carbocycles. The van der Waals surface area contributed by atoms with Crippen molar-refractivity contribution in [3.63, 3.8) is 0 Å². The zero-order valence-electron chi connectivity index (χ0n) is 19.8. The zero-order valence-corrected chi connectivity index (χ0v) is 19.8. The summed E-state index contributed by atoms with van der Waals surface area (Å²) >= 11 is 0. The lowest BCUT2D eigenvalue weighted by molar-refractivity contribution is -0.121. The van der Waals surface area contributed by atoms with Gasteiger partial charge < -0.3 is 14.4 Å². The van der Waals surface area contributed by atoms with E-state index < -0.39 is 11.2 Å². The fourth-order valence-electron chi connectivity index (χ4n) is 3.72. The van der Waals surface area contributed by atoms with Gasteiger partial charge in [0, 0.05) is 38.9 Å². The van der Waals surface area contributed by atoms with Crippen molar-refractivity contribution < 1.29 is 9.32 Å². The fraction of sp³-hybridized carbons (Fsp3) is 0.636. The van der Waals surface area contributed by atoms with Gasteiger partial charge in [0.1, 0.15) is 5.82 Å². The van der Waals surface area contributed by atoms with E-state index in [-0.39, 0.29) is 18.2 Å². The summed E-state index contributed by atoms with van der Waals surface area (Å²) in [6.45, 7) is 9.46. The van der Waals surface area contributed by atoms with E-state index in [0.717, 1.165) is 12.8 Å². The van der Waals surface area contributed by atoms with Gasteiger partial charge in [-0.05, 0) is 25.7 Å². The Kier molecular flexibility index (Phi) is 8.18. The van der Waals surface area contributed by atoms with Gasteiger partial charge in [0.05, 0.1) is 0 Å². The average molecular weight is 460 g/mol. The van der Waals surface area contributed by atoms with Crippen LogP contribution in [0.4, 0.5) is 0 Å². The van der Waals surface area contributed by atoms with E-state index in [2.05, 4.69) is 39.3 Å². The van der Waals surface area contributed by atoms with Crippen molar-refractivity contribution in [1.82, 2.24) is 34.6 Å². The third kappa shape index (κ3) is 6.17. The second-order valence-electron chi connectivity index (χ2n) is 8.66. The molecule has 11 heteroatoms. The number of carbonyl (C=O) groups excluding carboxylic acids is 1. The maximum Gasteiger partial charge on any atom is 0.330 e. The van der Waals surface area contributed by atoms with Gasteiger partial charge in [0.15, 0.2) is 17.0 Å². The Morgan fingerprint density at radius 3 is 2.61 bits per heavy atom. The van der Waals surface area contributed by atoms with Crippen LogP contribution in [0.5, 0.6) is 0 Å². The van der Waals surface area contributed by atoms with Crippen molar-refractivity contribution in [2.45, 2.75) is 79.3 Å². The van der Waals surface area contributed by atoms with Crippen LogP contribution in [-0.4, -0.2) is 41.7 Å². The molecule has 0 aliphatic heterocycles. The molecule has 0 aliphatic rings. The summed E-state index contributed by atoms with van der Waals surface area (Å²) in [5, 5.41) is 6.64. The van der Waals surface area contributed by atoms with Gasteiger partial charge in [-0.1, -0.05) is 32.3 Å². The average Bonchev–Trinajstić information content (AvgIpc) is 3.32. The summed E-state index contributed by atoms with van der Waals surface area (Å²) in [7, 11) is 0. The number of aromatic amines is 1. The Hall–Kier alpha value is -3.24. The van der Waals surface area contributed by atoms with Gasteiger partial charge in [0.2, 0.25) is 11.8 Å². The molecule has 180 valence electrons. The van der Waals surface area contributed by atoms with Crippen LogP contribution in [0.3, 0.4) is 0 Å². The molecular formula is C22H33N7O4. The first-order chi connectivity index (χ1) is 15.8. The Morgan fingerprint density at radius 2 is 1.94 bits per heavy atom. The van der Waals surface area contributed by atoms with Gasteiger partial charge in [0.25, 0.3) is 5.56 Å². The molecular weight excluding hydrogens is 426 g/mol. The molecule has 3 aromatic heterocycles. The number of fused-ring (bicyclic) bond motifs is 1. The highest BCUT2D eigenvalue weighted by atomic mass is 16.5. The van der Waals surface area contributed by atoms with Crippen molar-refractivity contribution in [2.24, 2.45) is 5.92 Å². The predicted molar refractivity (Wildman–Crippen MR) is 123 cm³/mol. The molecule has 0 spiro atoms. The lowest BCUT2D eigenvalue weighted by atomic mass is 10.2. The monoisotopic (exact) mass is 459 g/mol. The van der Waals surface area contributed by atoms with Crippen LogP contribution in [-0.2, 0) is 30.7 Å². The van der Waals surface area contributed by atoms with Crippen molar-refractivity contribution in [2.75, 3.05) is 6.54 Å². The molecule has 0 saturated heterocycles. The van der Waals surface area contributed by atoms with E-state index in [1.807, 2.05) is 11.5 Å². The van der Waals surface area contributed by atoms with Crippen LogP contribution in [0.25, 0.3) is 11.2 Å². The molecule has 3 aromatic rings. The third-order valence-electron chi connectivity index (χ3n) is 5.28. The molecule has 0 bridgehead atoms. The Labute approximate surface area is 191 Å². The summed E-state index contributed by atoms with van der Waals surface area (Å²) < 4.78 is 8.45. The number of aryl methyl sites for hydroxylation is 4. The van der Waals surface area contributed by atoms with Gasteiger partial charge in [-0.2, -0.15) is 4.98 Å². The Morgan fingerprint density at radius 1 is 1.15 bits per heavy atom. The topological polar surface area (TPSA) is 141 Å². The summed E-state index contributed by atoms with van der Waals surface area (Å²) in [6.07, 6.45) is 3.62. The van der Waals surface area contributed by atoms with Crippen LogP contribution in [0.15, 0.2) is 14.1 Å². The number of imidazole rings is 1. The lowest BCUT2D eigenvalue weighted by Gasteiger charge is -2.11. The van der Waals surface area contributed by atoms with E-state index >= 15 is 0 Å². The third-order valence-corrected chi connectivity index (χ3v) is 5.28. The molecule has 0 unspecified atom stereocenters. The molecule has 3 rings (SSSR count). The quantitative estimate of drug-likeness (QED) is 0.393. The number of H-pyrrole nitrogens is 1. The van der Waals surface area contributed by atoms with Crippen LogP contribution in [0, 0.1) is 12.8 Å². The number of hydrogen-bond acceptors (Lipinski definition) is 7. The first kappa shape index (κ1) is 24.4. The van der Waals surface area contributed by atoms with E-state index in [9.17, 15) is 14.4 Å². The smallest absolute Gasteiger partial charge is 0.330 e. The summed E-state index contributed by atoms with van der Waals surface area (Å²) in [6, 6.07) is 0. The molecule has 0 atom stereocenters. The summed E-state index contributed by atoms with van der Waals surface area (Å²) in [5.41, 5.74) is -0.105. The van der Waals surface area contributed by atoms with Crippen molar-refractivity contribution in [3.8, 4) is 0 Å². The first-order valence-corrected chi connectivity index (χ1v) is 11.6. The SMILES string of the molecule is CCCCn1c(=O)[nH]c(=O)c2c1nc(CCC(=O)NCCCc1nc(C)no1)n2CC(C)C. The highest BCUT2D eigenvalue weighted by Crippen LogP contribution is 2.16. The first-order valence-electron chi connectivity index (χ1n) is 11.6. The van der Waals surface area contributed by atoms with Crippen molar-refractivity contribution in [3.05, 3.63) is 38.4 Å². The van der Waals surface area contributed by atoms with E-state index in [4.69, 9.17) is 4.52 Å². The second-order valence-corrected chi connectivity index (χ2v) is 8.66. The van der Waals surface area contributed by atoms with Crippen LogP contribution in [0.1, 0.15) is 64.0 Å². The highest BCUT2D eigenvalue weighted by Gasteiger charge is 2.19. The number of amides is 1. The molecule has 0 radical (unpaired) electrons. The normalized spacial score (nSPS) is 11.5. The second kappa shape index (κ2) is 11.1. The van der Waals surface area contributed by atoms with Crippen LogP contribution < -0.4 is 16.6 Å². The van der Waals surface area contributed by atoms with Gasteiger partial charge in [-0.25, -0.2) is 9.78 Å². The Balaban J connectivity index is 1.71. The summed E-state index contributed by atoms with van der Waals surface area (Å²) in [5.74, 6) is 1.95. The molecule has 1 amide bonds. The fourth-order valence-corrected chi connectivity index (χ4v) is 3.72. The largest absolute Gasteiger partial charge is 0.356 e. The minimum Gasteiger partial charge on any atom is -0.356 e. The number of nitrogens with one attached hydrogen (secondary N) is 2. The number of rotatable bonds is 12. The van der Waals surface area contributed by atoms with E-state index in [0.29, 0.717) is 67.6 Å². The number of unbranched alkanes of at least 4 members (excludes halogenated alkanes) is 1.